The zero-order valence-electron chi connectivity index (χ0n) is 23.3. The van der Waals surface area contributed by atoms with Crippen LogP contribution in [0.25, 0.3) is 33.1 Å². The molecule has 0 atom stereocenters. The summed E-state index contributed by atoms with van der Waals surface area (Å²) >= 11 is 0. The van der Waals surface area contributed by atoms with Crippen LogP contribution in [-0.2, 0) is 21.4 Å². The van der Waals surface area contributed by atoms with Crippen LogP contribution in [0, 0.1) is 20.8 Å². The minimum absolute atomic E-state index is 0.109. The Labute approximate surface area is 237 Å². The maximum atomic E-state index is 13.4. The summed E-state index contributed by atoms with van der Waals surface area (Å²) in [5.41, 5.74) is 4.09. The number of amides is 1. The van der Waals surface area contributed by atoms with Gasteiger partial charge in [0.25, 0.3) is 0 Å². The Bertz CT molecular complexity index is 1860. The molecule has 2 aromatic heterocycles. The predicted molar refractivity (Wildman–Crippen MR) is 157 cm³/mol. The number of fused-ring (bicyclic) bond motifs is 2. The Kier molecular flexibility index (Phi) is 6.53. The van der Waals surface area contributed by atoms with Crippen LogP contribution in [0.5, 0.6) is 0 Å². The molecule has 0 spiro atoms. The normalized spacial score (nSPS) is 15.0. The molecule has 3 aromatic carbocycles. The van der Waals surface area contributed by atoms with Gasteiger partial charge in [-0.1, -0.05) is 60.7 Å². The lowest BCUT2D eigenvalue weighted by atomic mass is 9.73. The highest BCUT2D eigenvalue weighted by Gasteiger charge is 2.43. The number of piperidine rings is 1. The highest BCUT2D eigenvalue weighted by Crippen LogP contribution is 2.40. The van der Waals surface area contributed by atoms with Gasteiger partial charge in [0.15, 0.2) is 0 Å². The minimum atomic E-state index is -1.03. The Morgan fingerprint density at radius 3 is 2.10 bits per heavy atom. The van der Waals surface area contributed by atoms with E-state index in [-0.39, 0.29) is 12.3 Å². The number of aliphatic carboxylic acids is 1. The fourth-order valence-electron chi connectivity index (χ4n) is 6.33. The number of benzene rings is 3. The van der Waals surface area contributed by atoms with Gasteiger partial charge in [-0.25, -0.2) is 4.79 Å². The van der Waals surface area contributed by atoms with Crippen molar-refractivity contribution in [1.29, 1.82) is 0 Å². The van der Waals surface area contributed by atoms with Crippen molar-refractivity contribution in [3.05, 3.63) is 105 Å². The van der Waals surface area contributed by atoms with Gasteiger partial charge in [0.1, 0.15) is 16.9 Å². The number of carbonyl (C=O) groups is 2. The van der Waals surface area contributed by atoms with Gasteiger partial charge in [0.05, 0.1) is 17.4 Å². The molecule has 3 heterocycles. The van der Waals surface area contributed by atoms with E-state index in [2.05, 4.69) is 0 Å². The molecular formula is C34H31NO6. The third kappa shape index (κ3) is 4.32. The Hall–Kier alpha value is -4.65. The van der Waals surface area contributed by atoms with Gasteiger partial charge >= 0.3 is 11.6 Å². The second-order valence-electron chi connectivity index (χ2n) is 11.0. The molecule has 0 bridgehead atoms. The highest BCUT2D eigenvalue weighted by atomic mass is 16.4. The molecule has 5 aromatic rings. The van der Waals surface area contributed by atoms with Gasteiger partial charge in [0.2, 0.25) is 5.91 Å². The zero-order chi connectivity index (χ0) is 28.9. The number of furan rings is 1. The summed E-state index contributed by atoms with van der Waals surface area (Å²) < 4.78 is 12.0. The largest absolute Gasteiger partial charge is 0.481 e. The first kappa shape index (κ1) is 26.6. The summed E-state index contributed by atoms with van der Waals surface area (Å²) in [6.07, 6.45) is 0.508. The summed E-state index contributed by atoms with van der Waals surface area (Å²) in [6, 6.07) is 21.2. The van der Waals surface area contributed by atoms with Crippen molar-refractivity contribution in [2.24, 2.45) is 0 Å². The number of hydrogen-bond donors (Lipinski definition) is 1. The van der Waals surface area contributed by atoms with Gasteiger partial charge in [0, 0.05) is 35.0 Å². The van der Waals surface area contributed by atoms with Crippen LogP contribution < -0.4 is 5.63 Å². The van der Waals surface area contributed by atoms with Crippen LogP contribution in [0.1, 0.15) is 40.9 Å². The molecule has 208 valence electrons. The van der Waals surface area contributed by atoms with Crippen LogP contribution in [0.2, 0.25) is 0 Å². The van der Waals surface area contributed by atoms with Gasteiger partial charge < -0.3 is 18.8 Å². The van der Waals surface area contributed by atoms with Gasteiger partial charge in [-0.05, 0) is 56.4 Å². The molecule has 0 aliphatic carbocycles. The first-order valence-electron chi connectivity index (χ1n) is 13.8. The summed E-state index contributed by atoms with van der Waals surface area (Å²) in [5.74, 6) is -0.320. The van der Waals surface area contributed by atoms with Crippen molar-refractivity contribution < 1.29 is 23.5 Å². The summed E-state index contributed by atoms with van der Waals surface area (Å²) in [7, 11) is 0. The molecule has 0 radical (unpaired) electrons. The number of likely N-dealkylation sites (tertiary alicyclic amines) is 1. The molecule has 1 aliphatic rings. The molecule has 7 heteroatoms. The molecule has 1 amide bonds. The van der Waals surface area contributed by atoms with Crippen LogP contribution >= 0.6 is 0 Å². The highest BCUT2D eigenvalue weighted by molar-refractivity contribution is 6.06. The summed E-state index contributed by atoms with van der Waals surface area (Å²) in [5, 5.41) is 11.8. The third-order valence-electron chi connectivity index (χ3n) is 8.73. The Morgan fingerprint density at radius 2 is 1.46 bits per heavy atom. The molecule has 1 saturated heterocycles. The Morgan fingerprint density at radius 1 is 0.854 bits per heavy atom. The molecular weight excluding hydrogens is 518 g/mol. The maximum absolute atomic E-state index is 13.4. The van der Waals surface area contributed by atoms with Crippen molar-refractivity contribution in [1.82, 2.24) is 4.90 Å². The van der Waals surface area contributed by atoms with E-state index in [0.29, 0.717) is 48.2 Å². The second kappa shape index (κ2) is 10.1. The lowest BCUT2D eigenvalue weighted by Gasteiger charge is -2.39. The van der Waals surface area contributed by atoms with E-state index in [0.717, 1.165) is 38.8 Å². The van der Waals surface area contributed by atoms with Crippen LogP contribution in [0.3, 0.4) is 0 Å². The fourth-order valence-corrected chi connectivity index (χ4v) is 6.33. The molecule has 1 N–H and O–H groups in total. The number of carbonyl (C=O) groups excluding carboxylic acids is 1. The van der Waals surface area contributed by atoms with Crippen molar-refractivity contribution in [2.75, 3.05) is 13.1 Å². The van der Waals surface area contributed by atoms with Crippen molar-refractivity contribution >= 4 is 33.8 Å². The van der Waals surface area contributed by atoms with E-state index in [1.54, 1.807) is 4.90 Å². The van der Waals surface area contributed by atoms with E-state index in [1.165, 1.54) is 0 Å². The average Bonchev–Trinajstić information content (AvgIpc) is 3.32. The van der Waals surface area contributed by atoms with E-state index in [1.807, 2.05) is 87.5 Å². The lowest BCUT2D eigenvalue weighted by molar-refractivity contribution is -0.148. The number of carboxylic acids is 1. The average molecular weight is 550 g/mol. The van der Waals surface area contributed by atoms with Gasteiger partial charge in [-0.15, -0.1) is 0 Å². The molecule has 0 saturated carbocycles. The van der Waals surface area contributed by atoms with Gasteiger partial charge in [-0.3, -0.25) is 9.59 Å². The zero-order valence-corrected chi connectivity index (χ0v) is 23.3. The maximum Gasteiger partial charge on any atom is 0.340 e. The smallest absolute Gasteiger partial charge is 0.340 e. The van der Waals surface area contributed by atoms with Crippen molar-refractivity contribution in [2.45, 2.75) is 45.4 Å². The van der Waals surface area contributed by atoms with E-state index in [9.17, 15) is 19.5 Å². The van der Waals surface area contributed by atoms with Gasteiger partial charge in [-0.2, -0.15) is 0 Å². The quantitative estimate of drug-likeness (QED) is 0.258. The SMILES string of the molecule is Cc1oc2c(C)c3oc(=O)c(CC(=O)N4CCC(C(=O)O)(c5ccccc5)CC4)c(C)c3cc2c1-c1ccccc1. The van der Waals surface area contributed by atoms with Crippen LogP contribution in [-0.4, -0.2) is 35.0 Å². The van der Waals surface area contributed by atoms with E-state index in [4.69, 9.17) is 8.83 Å². The Balaban J connectivity index is 1.33. The number of carboxylic acid groups (broad SMARTS) is 1. The van der Waals surface area contributed by atoms with Crippen molar-refractivity contribution in [3.8, 4) is 11.1 Å². The van der Waals surface area contributed by atoms with E-state index >= 15 is 0 Å². The molecule has 41 heavy (non-hydrogen) atoms. The van der Waals surface area contributed by atoms with Crippen LogP contribution in [0.15, 0.2) is 80.4 Å². The molecule has 7 nitrogen and oxygen atoms in total. The number of hydrogen-bond acceptors (Lipinski definition) is 5. The number of nitrogens with zero attached hydrogens (tertiary/aromatic N) is 1. The number of aryl methyl sites for hydroxylation is 3. The summed E-state index contributed by atoms with van der Waals surface area (Å²) in [4.78, 5) is 40.6. The molecule has 6 rings (SSSR count). The van der Waals surface area contributed by atoms with E-state index < -0.39 is 17.0 Å². The lowest BCUT2D eigenvalue weighted by Crippen LogP contribution is -2.49. The van der Waals surface area contributed by atoms with Crippen LogP contribution in [0.4, 0.5) is 0 Å². The first-order valence-corrected chi connectivity index (χ1v) is 13.8. The first-order chi connectivity index (χ1) is 19.7. The topological polar surface area (TPSA) is 101 Å². The summed E-state index contributed by atoms with van der Waals surface area (Å²) in [6.45, 7) is 6.25. The molecule has 1 aliphatic heterocycles. The predicted octanol–water partition coefficient (Wildman–Crippen LogP) is 6.32. The van der Waals surface area contributed by atoms with Crippen molar-refractivity contribution in [3.63, 3.8) is 0 Å². The number of rotatable bonds is 5. The minimum Gasteiger partial charge on any atom is -0.481 e. The monoisotopic (exact) mass is 549 g/mol. The molecule has 1 fully saturated rings. The standard InChI is InChI=1S/C34H31NO6/c1-20-25-18-27-29(23-10-6-4-7-11-23)22(3)40-31(27)21(2)30(25)41-32(37)26(20)19-28(36)35-16-14-34(15-17-35,33(38)39)24-12-8-5-9-13-24/h4-13,18H,14-17,19H2,1-3H3,(H,38,39). The fraction of sp³-hybridized carbons (Fsp3) is 0.265. The molecule has 0 unspecified atom stereocenters. The third-order valence-corrected chi connectivity index (χ3v) is 8.73. The second-order valence-corrected chi connectivity index (χ2v) is 11.0.